The number of rotatable bonds is 4. The molecule has 120 valence electrons. The Balaban J connectivity index is 2.00. The van der Waals surface area contributed by atoms with E-state index in [2.05, 4.69) is 15.6 Å². The Labute approximate surface area is 136 Å². The van der Waals surface area contributed by atoms with Crippen molar-refractivity contribution in [2.75, 3.05) is 10.6 Å². The fraction of sp³-hybridized carbons (Fsp3) is 0. The van der Waals surface area contributed by atoms with Gasteiger partial charge in [-0.3, -0.25) is 10.1 Å². The molecule has 0 saturated carbocycles. The SMILES string of the molecule is NS(=O)(=O)c1ccc(NC(=S)Nc2ccc([N+](=O)[O-])cn2)cc1. The minimum Gasteiger partial charge on any atom is -0.332 e. The second kappa shape index (κ2) is 6.64. The largest absolute Gasteiger partial charge is 0.332 e. The minimum atomic E-state index is -3.75. The third-order valence-electron chi connectivity index (χ3n) is 2.64. The van der Waals surface area contributed by atoms with Gasteiger partial charge in [0.25, 0.3) is 5.69 Å². The molecule has 0 unspecified atom stereocenters. The van der Waals surface area contributed by atoms with Crippen LogP contribution in [0, 0.1) is 10.1 Å². The van der Waals surface area contributed by atoms with Gasteiger partial charge in [-0.2, -0.15) is 0 Å². The number of thiocarbonyl (C=S) groups is 1. The van der Waals surface area contributed by atoms with Crippen LogP contribution in [-0.4, -0.2) is 23.4 Å². The molecule has 1 heterocycles. The molecule has 0 amide bonds. The summed E-state index contributed by atoms with van der Waals surface area (Å²) in [5.74, 6) is 0.328. The van der Waals surface area contributed by atoms with Gasteiger partial charge >= 0.3 is 0 Å². The highest BCUT2D eigenvalue weighted by Gasteiger charge is 2.08. The monoisotopic (exact) mass is 353 g/mol. The predicted molar refractivity (Wildman–Crippen MR) is 88.5 cm³/mol. The number of hydrogen-bond donors (Lipinski definition) is 3. The fourth-order valence-electron chi connectivity index (χ4n) is 1.57. The van der Waals surface area contributed by atoms with E-state index < -0.39 is 14.9 Å². The fourth-order valence-corrected chi connectivity index (χ4v) is 2.31. The summed E-state index contributed by atoms with van der Waals surface area (Å²) in [6.45, 7) is 0. The van der Waals surface area contributed by atoms with E-state index in [0.29, 0.717) is 11.5 Å². The number of nitrogens with one attached hydrogen (secondary N) is 2. The summed E-state index contributed by atoms with van der Waals surface area (Å²) >= 11 is 5.07. The number of aromatic nitrogens is 1. The first-order valence-electron chi connectivity index (χ1n) is 6.07. The van der Waals surface area contributed by atoms with Gasteiger partial charge in [0.2, 0.25) is 10.0 Å². The Morgan fingerprint density at radius 3 is 2.30 bits per heavy atom. The van der Waals surface area contributed by atoms with Crippen molar-refractivity contribution in [1.29, 1.82) is 0 Å². The molecule has 1 aromatic carbocycles. The number of nitrogens with two attached hydrogens (primary N) is 1. The van der Waals surface area contributed by atoms with Gasteiger partial charge in [-0.25, -0.2) is 18.5 Å². The van der Waals surface area contributed by atoms with Crippen molar-refractivity contribution in [3.63, 3.8) is 0 Å². The van der Waals surface area contributed by atoms with Gasteiger partial charge in [0.05, 0.1) is 9.82 Å². The molecule has 0 bridgehead atoms. The maximum Gasteiger partial charge on any atom is 0.287 e. The lowest BCUT2D eigenvalue weighted by Crippen LogP contribution is -2.20. The van der Waals surface area contributed by atoms with Gasteiger partial charge in [0.15, 0.2) is 5.11 Å². The molecule has 0 atom stereocenters. The zero-order valence-electron chi connectivity index (χ0n) is 11.5. The Morgan fingerprint density at radius 1 is 1.17 bits per heavy atom. The normalized spacial score (nSPS) is 10.8. The maximum absolute atomic E-state index is 11.1. The molecule has 2 rings (SSSR count). The quantitative estimate of drug-likeness (QED) is 0.426. The highest BCUT2D eigenvalue weighted by molar-refractivity contribution is 7.89. The summed E-state index contributed by atoms with van der Waals surface area (Å²) in [7, 11) is -3.75. The highest BCUT2D eigenvalue weighted by atomic mass is 32.2. The van der Waals surface area contributed by atoms with E-state index in [-0.39, 0.29) is 15.7 Å². The Hall–Kier alpha value is -2.63. The molecule has 0 aliphatic carbocycles. The van der Waals surface area contributed by atoms with Crippen molar-refractivity contribution < 1.29 is 13.3 Å². The standard InChI is InChI=1S/C12H11N5O4S2/c13-23(20,21)10-4-1-8(2-5-10)15-12(22)16-11-6-3-9(7-14-11)17(18)19/h1-7H,(H2,13,20,21)(H2,14,15,16,22). The molecule has 0 aliphatic heterocycles. The molecule has 2 aromatic rings. The molecule has 11 heteroatoms. The molecule has 0 fully saturated rings. The first kappa shape index (κ1) is 16.7. The van der Waals surface area contributed by atoms with Gasteiger partial charge < -0.3 is 10.6 Å². The van der Waals surface area contributed by atoms with Gasteiger partial charge in [0, 0.05) is 11.8 Å². The molecule has 9 nitrogen and oxygen atoms in total. The molecule has 4 N–H and O–H groups in total. The van der Waals surface area contributed by atoms with Crippen LogP contribution in [0.2, 0.25) is 0 Å². The van der Waals surface area contributed by atoms with Crippen molar-refractivity contribution in [2.24, 2.45) is 5.14 Å². The number of anilines is 2. The van der Waals surface area contributed by atoms with Crippen molar-refractivity contribution in [3.05, 3.63) is 52.7 Å². The van der Waals surface area contributed by atoms with Crippen LogP contribution in [0.5, 0.6) is 0 Å². The van der Waals surface area contributed by atoms with E-state index in [0.717, 1.165) is 6.20 Å². The van der Waals surface area contributed by atoms with Gasteiger partial charge in [-0.05, 0) is 42.5 Å². The molecule has 1 aromatic heterocycles. The second-order valence-electron chi connectivity index (χ2n) is 4.31. The lowest BCUT2D eigenvalue weighted by molar-refractivity contribution is -0.385. The lowest BCUT2D eigenvalue weighted by Gasteiger charge is -2.10. The summed E-state index contributed by atoms with van der Waals surface area (Å²) in [4.78, 5) is 13.8. The number of primary sulfonamides is 1. The Bertz CT molecular complexity index is 835. The van der Waals surface area contributed by atoms with E-state index in [9.17, 15) is 18.5 Å². The van der Waals surface area contributed by atoms with Crippen LogP contribution in [-0.2, 0) is 10.0 Å². The van der Waals surface area contributed by atoms with E-state index in [1.165, 1.54) is 36.4 Å². The van der Waals surface area contributed by atoms with Crippen LogP contribution in [0.3, 0.4) is 0 Å². The van der Waals surface area contributed by atoms with Crippen LogP contribution in [0.1, 0.15) is 0 Å². The van der Waals surface area contributed by atoms with Crippen molar-refractivity contribution in [2.45, 2.75) is 4.90 Å². The first-order chi connectivity index (χ1) is 10.8. The van der Waals surface area contributed by atoms with Crippen LogP contribution in [0.4, 0.5) is 17.2 Å². The van der Waals surface area contributed by atoms with Crippen LogP contribution in [0.15, 0.2) is 47.5 Å². The molecular weight excluding hydrogens is 342 g/mol. The van der Waals surface area contributed by atoms with Gasteiger partial charge in [-0.15, -0.1) is 0 Å². The number of hydrogen-bond acceptors (Lipinski definition) is 6. The third kappa shape index (κ3) is 4.67. The van der Waals surface area contributed by atoms with Crippen molar-refractivity contribution in [3.8, 4) is 0 Å². The molecule has 0 aliphatic rings. The van der Waals surface area contributed by atoms with E-state index in [1.807, 2.05) is 0 Å². The van der Waals surface area contributed by atoms with E-state index >= 15 is 0 Å². The highest BCUT2D eigenvalue weighted by Crippen LogP contribution is 2.14. The molecule has 23 heavy (non-hydrogen) atoms. The van der Waals surface area contributed by atoms with Crippen LogP contribution in [0.25, 0.3) is 0 Å². The second-order valence-corrected chi connectivity index (χ2v) is 6.28. The smallest absolute Gasteiger partial charge is 0.287 e. The molecule has 0 radical (unpaired) electrons. The number of benzene rings is 1. The molecular formula is C12H11N5O4S2. The Morgan fingerprint density at radius 2 is 1.83 bits per heavy atom. The number of nitro groups is 1. The minimum absolute atomic E-state index is 0.0148. The topological polar surface area (TPSA) is 140 Å². The number of pyridine rings is 1. The van der Waals surface area contributed by atoms with E-state index in [1.54, 1.807) is 0 Å². The average molecular weight is 353 g/mol. The van der Waals surface area contributed by atoms with Gasteiger partial charge in [0.1, 0.15) is 12.0 Å². The third-order valence-corrected chi connectivity index (χ3v) is 3.77. The number of sulfonamides is 1. The van der Waals surface area contributed by atoms with Crippen molar-refractivity contribution >= 4 is 44.5 Å². The maximum atomic E-state index is 11.1. The summed E-state index contributed by atoms with van der Waals surface area (Å²) in [6, 6.07) is 8.37. The van der Waals surface area contributed by atoms with Crippen molar-refractivity contribution in [1.82, 2.24) is 4.98 Å². The summed E-state index contributed by atoms with van der Waals surface area (Å²) < 4.78 is 22.3. The predicted octanol–water partition coefficient (Wildman–Crippen LogP) is 1.45. The van der Waals surface area contributed by atoms with E-state index in [4.69, 9.17) is 17.4 Å². The number of nitrogens with zero attached hydrogens (tertiary/aromatic N) is 2. The van der Waals surface area contributed by atoms with Crippen LogP contribution < -0.4 is 15.8 Å². The summed E-state index contributed by atoms with van der Waals surface area (Å²) in [5, 5.41) is 21.3. The lowest BCUT2D eigenvalue weighted by atomic mass is 10.3. The molecule has 0 spiro atoms. The summed E-state index contributed by atoms with van der Waals surface area (Å²) in [5.41, 5.74) is 0.407. The zero-order chi connectivity index (χ0) is 17.0. The Kier molecular flexibility index (Phi) is 4.83. The van der Waals surface area contributed by atoms with Crippen LogP contribution >= 0.6 is 12.2 Å². The average Bonchev–Trinajstić information content (AvgIpc) is 2.47. The summed E-state index contributed by atoms with van der Waals surface area (Å²) in [6.07, 6.45) is 1.10. The van der Waals surface area contributed by atoms with Gasteiger partial charge in [-0.1, -0.05) is 0 Å². The molecule has 0 saturated heterocycles. The zero-order valence-corrected chi connectivity index (χ0v) is 13.1. The first-order valence-corrected chi connectivity index (χ1v) is 8.02.